The summed E-state index contributed by atoms with van der Waals surface area (Å²) in [5, 5.41) is 11.3. The van der Waals surface area contributed by atoms with Gasteiger partial charge in [-0.05, 0) is 37.4 Å². The Morgan fingerprint density at radius 1 is 1.33 bits per heavy atom. The van der Waals surface area contributed by atoms with Crippen molar-refractivity contribution in [2.24, 2.45) is 11.1 Å². The van der Waals surface area contributed by atoms with E-state index < -0.39 is 0 Å². The molecule has 0 radical (unpaired) electrons. The van der Waals surface area contributed by atoms with Crippen LogP contribution >= 0.6 is 0 Å². The summed E-state index contributed by atoms with van der Waals surface area (Å²) in [4.78, 5) is 0. The second-order valence-corrected chi connectivity index (χ2v) is 4.62. The van der Waals surface area contributed by atoms with E-state index in [0.29, 0.717) is 6.54 Å². The highest BCUT2D eigenvalue weighted by molar-refractivity contribution is 5.32. The zero-order valence-corrected chi connectivity index (χ0v) is 9.75. The van der Waals surface area contributed by atoms with Gasteiger partial charge in [-0.15, -0.1) is 5.10 Å². The summed E-state index contributed by atoms with van der Waals surface area (Å²) in [6.07, 6.45) is 0.999. The first-order valence-electron chi connectivity index (χ1n) is 5.28. The molecular formula is C11H20N4. The van der Waals surface area contributed by atoms with Gasteiger partial charge in [-0.25, -0.2) is 0 Å². The SMILES string of the molecule is Cc1ccc(NCC(C)(C)CCN)nn1. The molecule has 3 N–H and O–H groups in total. The molecule has 0 bridgehead atoms. The number of rotatable bonds is 5. The highest BCUT2D eigenvalue weighted by atomic mass is 15.2. The maximum atomic E-state index is 5.55. The largest absolute Gasteiger partial charge is 0.368 e. The van der Waals surface area contributed by atoms with Crippen LogP contribution in [0.3, 0.4) is 0 Å². The van der Waals surface area contributed by atoms with Crippen LogP contribution in [0.4, 0.5) is 5.82 Å². The summed E-state index contributed by atoms with van der Waals surface area (Å²) in [7, 11) is 0. The third-order valence-electron chi connectivity index (χ3n) is 2.37. The normalized spacial score (nSPS) is 11.5. The second-order valence-electron chi connectivity index (χ2n) is 4.62. The van der Waals surface area contributed by atoms with Crippen LogP contribution in [0, 0.1) is 12.3 Å². The molecule has 4 heteroatoms. The molecule has 0 saturated carbocycles. The minimum Gasteiger partial charge on any atom is -0.368 e. The molecular weight excluding hydrogens is 188 g/mol. The number of anilines is 1. The molecule has 1 rings (SSSR count). The summed E-state index contributed by atoms with van der Waals surface area (Å²) < 4.78 is 0. The van der Waals surface area contributed by atoms with E-state index in [1.165, 1.54) is 0 Å². The molecule has 0 amide bonds. The minimum absolute atomic E-state index is 0.196. The second kappa shape index (κ2) is 5.07. The Morgan fingerprint density at radius 2 is 2.07 bits per heavy atom. The number of hydrogen-bond acceptors (Lipinski definition) is 4. The smallest absolute Gasteiger partial charge is 0.148 e. The summed E-state index contributed by atoms with van der Waals surface area (Å²) >= 11 is 0. The fourth-order valence-electron chi connectivity index (χ4n) is 1.30. The van der Waals surface area contributed by atoms with Crippen LogP contribution in [0.15, 0.2) is 12.1 Å². The van der Waals surface area contributed by atoms with Gasteiger partial charge < -0.3 is 11.1 Å². The first-order valence-corrected chi connectivity index (χ1v) is 5.28. The van der Waals surface area contributed by atoms with E-state index in [4.69, 9.17) is 5.73 Å². The van der Waals surface area contributed by atoms with Crippen LogP contribution in [0.25, 0.3) is 0 Å². The number of hydrogen-bond donors (Lipinski definition) is 2. The van der Waals surface area contributed by atoms with Crippen molar-refractivity contribution in [3.05, 3.63) is 17.8 Å². The quantitative estimate of drug-likeness (QED) is 0.771. The molecule has 0 saturated heterocycles. The topological polar surface area (TPSA) is 63.8 Å². The molecule has 0 aliphatic carbocycles. The zero-order valence-electron chi connectivity index (χ0n) is 9.75. The van der Waals surface area contributed by atoms with Crippen LogP contribution in [0.1, 0.15) is 26.0 Å². The fourth-order valence-corrected chi connectivity index (χ4v) is 1.30. The number of aromatic nitrogens is 2. The Labute approximate surface area is 91.3 Å². The Morgan fingerprint density at radius 3 is 2.60 bits per heavy atom. The van der Waals surface area contributed by atoms with Crippen LogP contribution < -0.4 is 11.1 Å². The summed E-state index contributed by atoms with van der Waals surface area (Å²) in [6, 6.07) is 3.89. The Hall–Kier alpha value is -1.16. The lowest BCUT2D eigenvalue weighted by Crippen LogP contribution is -2.26. The van der Waals surface area contributed by atoms with Crippen molar-refractivity contribution in [1.82, 2.24) is 10.2 Å². The van der Waals surface area contributed by atoms with Crippen LogP contribution in [0.2, 0.25) is 0 Å². The molecule has 1 aromatic rings. The van der Waals surface area contributed by atoms with E-state index in [1.807, 2.05) is 19.1 Å². The lowest BCUT2D eigenvalue weighted by Gasteiger charge is -2.24. The summed E-state index contributed by atoms with van der Waals surface area (Å²) in [6.45, 7) is 7.88. The molecule has 0 fully saturated rings. The zero-order chi connectivity index (χ0) is 11.3. The van der Waals surface area contributed by atoms with Gasteiger partial charge in [-0.3, -0.25) is 0 Å². The van der Waals surface area contributed by atoms with Crippen molar-refractivity contribution in [2.45, 2.75) is 27.2 Å². The van der Waals surface area contributed by atoms with Gasteiger partial charge in [0.05, 0.1) is 5.69 Å². The maximum absolute atomic E-state index is 5.55. The lowest BCUT2D eigenvalue weighted by atomic mass is 9.89. The molecule has 15 heavy (non-hydrogen) atoms. The van der Waals surface area contributed by atoms with Crippen LogP contribution in [0.5, 0.6) is 0 Å². The number of nitrogens with two attached hydrogens (primary N) is 1. The Bertz CT molecular complexity index is 292. The van der Waals surface area contributed by atoms with Gasteiger partial charge in [-0.1, -0.05) is 13.8 Å². The van der Waals surface area contributed by atoms with Crippen molar-refractivity contribution in [3.8, 4) is 0 Å². The number of nitrogens with zero attached hydrogens (tertiary/aromatic N) is 2. The fraction of sp³-hybridized carbons (Fsp3) is 0.636. The molecule has 0 unspecified atom stereocenters. The van der Waals surface area contributed by atoms with Crippen molar-refractivity contribution in [3.63, 3.8) is 0 Å². The molecule has 0 aromatic carbocycles. The van der Waals surface area contributed by atoms with Gasteiger partial charge in [0, 0.05) is 6.54 Å². The monoisotopic (exact) mass is 208 g/mol. The van der Waals surface area contributed by atoms with E-state index in [-0.39, 0.29) is 5.41 Å². The molecule has 0 atom stereocenters. The molecule has 0 aliphatic heterocycles. The van der Waals surface area contributed by atoms with Crippen molar-refractivity contribution >= 4 is 5.82 Å². The van der Waals surface area contributed by atoms with Gasteiger partial charge in [-0.2, -0.15) is 5.10 Å². The van der Waals surface area contributed by atoms with Gasteiger partial charge >= 0.3 is 0 Å². The molecule has 4 nitrogen and oxygen atoms in total. The third-order valence-corrected chi connectivity index (χ3v) is 2.37. The molecule has 1 aromatic heterocycles. The van der Waals surface area contributed by atoms with Crippen LogP contribution in [-0.2, 0) is 0 Å². The van der Waals surface area contributed by atoms with E-state index in [1.54, 1.807) is 0 Å². The van der Waals surface area contributed by atoms with Crippen molar-refractivity contribution < 1.29 is 0 Å². The molecule has 1 heterocycles. The van der Waals surface area contributed by atoms with Crippen molar-refractivity contribution in [1.29, 1.82) is 0 Å². The standard InChI is InChI=1S/C11H20N4/c1-9-4-5-10(15-14-9)13-8-11(2,3)6-7-12/h4-5H,6-8,12H2,1-3H3,(H,13,15). The molecule has 84 valence electrons. The van der Waals surface area contributed by atoms with Gasteiger partial charge in [0.15, 0.2) is 0 Å². The lowest BCUT2D eigenvalue weighted by molar-refractivity contribution is 0.365. The highest BCUT2D eigenvalue weighted by Crippen LogP contribution is 2.19. The van der Waals surface area contributed by atoms with E-state index >= 15 is 0 Å². The Balaban J connectivity index is 2.46. The number of nitrogens with one attached hydrogen (secondary N) is 1. The summed E-state index contributed by atoms with van der Waals surface area (Å²) in [5.74, 6) is 0.825. The first-order chi connectivity index (χ1) is 7.03. The third kappa shape index (κ3) is 4.25. The Kier molecular flexibility index (Phi) is 4.03. The predicted octanol–water partition coefficient (Wildman–Crippen LogP) is 1.57. The highest BCUT2D eigenvalue weighted by Gasteiger charge is 2.16. The summed E-state index contributed by atoms with van der Waals surface area (Å²) in [5.41, 5.74) is 6.68. The van der Waals surface area contributed by atoms with E-state index in [2.05, 4.69) is 29.4 Å². The maximum Gasteiger partial charge on any atom is 0.148 e. The average molecular weight is 208 g/mol. The average Bonchev–Trinajstić information content (AvgIpc) is 2.17. The van der Waals surface area contributed by atoms with Crippen LogP contribution in [-0.4, -0.2) is 23.3 Å². The van der Waals surface area contributed by atoms with Gasteiger partial charge in [0.25, 0.3) is 0 Å². The van der Waals surface area contributed by atoms with E-state index in [9.17, 15) is 0 Å². The van der Waals surface area contributed by atoms with Gasteiger partial charge in [0.2, 0.25) is 0 Å². The number of aryl methyl sites for hydroxylation is 1. The minimum atomic E-state index is 0.196. The van der Waals surface area contributed by atoms with E-state index in [0.717, 1.165) is 24.5 Å². The molecule has 0 aliphatic rings. The first kappa shape index (κ1) is 11.9. The molecule has 0 spiro atoms. The predicted molar refractivity (Wildman–Crippen MR) is 62.7 cm³/mol. The van der Waals surface area contributed by atoms with Gasteiger partial charge in [0.1, 0.15) is 5.82 Å². The van der Waals surface area contributed by atoms with Crippen molar-refractivity contribution in [2.75, 3.05) is 18.4 Å².